The molecule has 9 rings (SSSR count). The fourth-order valence-electron chi connectivity index (χ4n) is 19.8. The molecule has 1 aliphatic heterocycles. The molecule has 28 heteroatoms. The van der Waals surface area contributed by atoms with Crippen molar-refractivity contribution in [3.8, 4) is 0 Å². The minimum Gasteiger partial charge on any atom is -0.756 e. The number of quaternary nitrogens is 1. The van der Waals surface area contributed by atoms with Crippen LogP contribution in [-0.4, -0.2) is 170 Å². The van der Waals surface area contributed by atoms with Gasteiger partial charge in [-0.15, -0.1) is 0 Å². The van der Waals surface area contributed by atoms with E-state index < -0.39 is 169 Å². The van der Waals surface area contributed by atoms with Crippen LogP contribution in [0.2, 0.25) is 0 Å². The summed E-state index contributed by atoms with van der Waals surface area (Å²) in [4.78, 5) is 171. The summed E-state index contributed by atoms with van der Waals surface area (Å²) in [6.45, 7) is 8.42. The number of carboxylic acid groups (broad SMARTS) is 1. The number of hydrogen-bond acceptors (Lipinski definition) is 24. The molecule has 3 aliphatic carbocycles. The molecule has 746 valence electrons. The lowest BCUT2D eigenvalue weighted by Crippen LogP contribution is -2.82. The quantitative estimate of drug-likeness (QED) is 0.00619. The molecule has 27 nitrogen and oxygen atoms in total. The number of phosphoric ester groups is 1. The Morgan fingerprint density at radius 2 is 1.02 bits per heavy atom. The second kappa shape index (κ2) is 54.7. The number of unbranched alkanes of at least 4 members (excludes halogenated alkanes) is 30. The maximum absolute atomic E-state index is 16.9. The van der Waals surface area contributed by atoms with Gasteiger partial charge in [0.25, 0.3) is 13.7 Å². The van der Waals surface area contributed by atoms with Crippen LogP contribution in [0.25, 0.3) is 0 Å². The Morgan fingerprint density at radius 3 is 1.51 bits per heavy atom. The lowest BCUT2D eigenvalue weighted by molar-refractivity contribution is -0.870. The molecular formula is C108H149N3O24P-. The number of phosphoric acid groups is 1. The summed E-state index contributed by atoms with van der Waals surface area (Å²) < 4.78 is 67.4. The second-order valence-electron chi connectivity index (χ2n) is 39.5. The van der Waals surface area contributed by atoms with E-state index in [1.54, 1.807) is 78.9 Å². The maximum atomic E-state index is 16.9. The number of likely N-dealkylation sites (N-methyl/N-ethyl adjacent to an activating group) is 1. The van der Waals surface area contributed by atoms with Gasteiger partial charge in [0.2, 0.25) is 12.0 Å². The zero-order valence-electron chi connectivity index (χ0n) is 81.7. The number of nitrogens with one attached hydrogen (secondary N) is 2. The molecule has 2 bridgehead atoms. The number of ether oxygens (including phenoxy) is 7. The Morgan fingerprint density at radius 1 is 0.551 bits per heavy atom. The average molecular weight is 1900 g/mol. The summed E-state index contributed by atoms with van der Waals surface area (Å²) >= 11 is 0. The number of benzene rings is 5. The standard InChI is InChI=1S/C108H150N3O24P/c1-77-88(131-104(123)98(96(83-53-43-38-44-54-83)110-102(121)84-55-45-39-46-56-84)133-94(119)74-91(115)109-86-66-64-81(65-67-86)52-42-35-31-27-23-19-14-10-11-16-20-24-28-32-36-49-59-92(116)117)75-108(124)101(134-103(122)85-57-47-40-48-58-85)99-106(6,100(120)97(130-78(2)112)95(77)105(108,4)5)89(73-90-107(99,76-127-90)135-79(3)113)132-93(118)72-87(114)71-82-62-60-80(61-63-82)51-41-34-30-26-22-18-15-12-13-17-21-25-29-33-37-50-69-128-136(125,126)129-70-68-111(7,8)9/h38-40,43-48,53-58,60-67,88-90,96-99,101,124H,10-37,41-42,49-52,59,68-76H2,1-9H3,(H3-,109,110,115,116,117,121,125,126)/p-1/t88-,89-,90+,96-,97+,98+,99-,101-,106+,107-,108+/m0/s1. The first-order valence-corrected chi connectivity index (χ1v) is 51.3. The molecule has 3 fully saturated rings. The topological polar surface area (TPSA) is 378 Å². The van der Waals surface area contributed by atoms with Crippen LogP contribution in [-0.2, 0) is 109 Å². The monoisotopic (exact) mass is 1900 g/mol. The Kier molecular flexibility index (Phi) is 44.2. The molecule has 2 saturated carbocycles. The predicted molar refractivity (Wildman–Crippen MR) is 512 cm³/mol. The SMILES string of the molecule is CC(=O)O[C@H]1C(=O)[C@]2(C)[C@@H](OC(=O)CC(=O)Cc3ccc(CCCCCCCCCCCCCCCCCCOP(=O)([O-])OCC[N+](C)(C)C)cc3)C[C@H]3OC[C@@]3(OC(C)=O)[C@H]2[C@H](OC(=O)c2ccccc2)[C@]2(O)C[C@H](OC(=O)[C@H](OC(=O)CC(=O)Nc3ccc(CCCCCCCCCCCCCCCCCCC(=O)[O-])cc3)[C@@H](NC(=O)c3ccccc3)c3ccccc3)C(C)=C1C2(C)C. The summed E-state index contributed by atoms with van der Waals surface area (Å²) in [5, 5.41) is 30.9. The van der Waals surface area contributed by atoms with Crippen LogP contribution in [0, 0.1) is 16.7 Å². The van der Waals surface area contributed by atoms with E-state index >= 15 is 14.4 Å². The van der Waals surface area contributed by atoms with E-state index in [0.717, 1.165) is 115 Å². The van der Waals surface area contributed by atoms with E-state index in [4.69, 9.17) is 42.2 Å². The van der Waals surface area contributed by atoms with E-state index in [2.05, 4.69) is 10.6 Å². The fraction of sp³-hybridized carbons (Fsp3) is 0.602. The molecule has 3 N–H and O–H groups in total. The van der Waals surface area contributed by atoms with Crippen LogP contribution in [0.3, 0.4) is 0 Å². The van der Waals surface area contributed by atoms with Gasteiger partial charge in [0.05, 0.1) is 51.3 Å². The number of rotatable bonds is 62. The Labute approximate surface area is 804 Å². The van der Waals surface area contributed by atoms with Crippen molar-refractivity contribution in [1.82, 2.24) is 5.32 Å². The number of aryl methyl sites for hydroxylation is 2. The smallest absolute Gasteiger partial charge is 0.350 e. The highest BCUT2D eigenvalue weighted by Crippen LogP contribution is 2.65. The van der Waals surface area contributed by atoms with Gasteiger partial charge < -0.3 is 77.2 Å². The Balaban J connectivity index is 0.854. The van der Waals surface area contributed by atoms with Crippen LogP contribution in [0.1, 0.15) is 328 Å². The Hall–Kier alpha value is -9.60. The third-order valence-corrected chi connectivity index (χ3v) is 28.5. The van der Waals surface area contributed by atoms with E-state index in [0.29, 0.717) is 35.1 Å². The first-order valence-electron chi connectivity index (χ1n) is 49.9. The second-order valence-corrected chi connectivity index (χ2v) is 40.9. The van der Waals surface area contributed by atoms with Gasteiger partial charge in [0, 0.05) is 55.7 Å². The molecule has 5 aromatic rings. The fourth-order valence-corrected chi connectivity index (χ4v) is 20.5. The molecule has 2 amide bonds. The van der Waals surface area contributed by atoms with E-state index in [1.165, 1.54) is 168 Å². The predicted octanol–water partition coefficient (Wildman–Crippen LogP) is 18.0. The minimum atomic E-state index is -4.26. The lowest BCUT2D eigenvalue weighted by atomic mass is 9.44. The average Bonchev–Trinajstić information content (AvgIpc) is 0.665. The van der Waals surface area contributed by atoms with Crippen molar-refractivity contribution in [1.29, 1.82) is 0 Å². The van der Waals surface area contributed by atoms with Crippen LogP contribution in [0.5, 0.6) is 0 Å². The zero-order chi connectivity index (χ0) is 98.3. The van der Waals surface area contributed by atoms with Crippen molar-refractivity contribution in [2.75, 3.05) is 52.8 Å². The maximum Gasteiger partial charge on any atom is 0.350 e. The summed E-state index contributed by atoms with van der Waals surface area (Å²) in [5.41, 5.74) is -5.55. The van der Waals surface area contributed by atoms with Crippen molar-refractivity contribution >= 4 is 78.7 Å². The first kappa shape index (κ1) is 110. The Bertz CT molecular complexity index is 4750. The molecule has 1 saturated heterocycles. The number of ketones is 2. The number of esters is 6. The highest BCUT2D eigenvalue weighted by atomic mass is 31.2. The van der Waals surface area contributed by atoms with Gasteiger partial charge in [0.15, 0.2) is 17.5 Å². The van der Waals surface area contributed by atoms with Gasteiger partial charge in [-0.25, -0.2) is 9.59 Å². The molecule has 5 aromatic carbocycles. The molecule has 1 unspecified atom stereocenters. The van der Waals surface area contributed by atoms with Gasteiger partial charge >= 0.3 is 35.8 Å². The largest absolute Gasteiger partial charge is 0.756 e. The lowest BCUT2D eigenvalue weighted by Gasteiger charge is -2.67. The molecule has 0 aromatic heterocycles. The first-order chi connectivity index (χ1) is 65.0. The molecule has 0 radical (unpaired) electrons. The van der Waals surface area contributed by atoms with Crippen molar-refractivity contribution < 1.29 is 119 Å². The molecule has 4 aliphatic rings. The van der Waals surface area contributed by atoms with Gasteiger partial charge in [0.1, 0.15) is 67.8 Å². The summed E-state index contributed by atoms with van der Waals surface area (Å²) in [7, 11) is 1.65. The summed E-state index contributed by atoms with van der Waals surface area (Å²) in [6.07, 6.45) is 23.8. The number of carbonyl (C=O) groups is 11. The van der Waals surface area contributed by atoms with Gasteiger partial charge in [-0.1, -0.05) is 297 Å². The van der Waals surface area contributed by atoms with E-state index in [9.17, 15) is 58.0 Å². The van der Waals surface area contributed by atoms with Crippen LogP contribution in [0.4, 0.5) is 5.69 Å². The highest BCUT2D eigenvalue weighted by Gasteiger charge is 2.79. The van der Waals surface area contributed by atoms with Gasteiger partial charge in [-0.2, -0.15) is 0 Å². The number of carboxylic acids is 1. The number of carbonyl (C=O) groups excluding carboxylic acids is 11. The number of amides is 2. The number of fused-ring (bicyclic) bond motifs is 5. The molecule has 1 heterocycles. The third kappa shape index (κ3) is 33.6. The molecular weight excluding hydrogens is 1750 g/mol. The molecule has 136 heavy (non-hydrogen) atoms. The van der Waals surface area contributed by atoms with Crippen LogP contribution in [0.15, 0.2) is 151 Å². The van der Waals surface area contributed by atoms with E-state index in [1.807, 2.05) is 57.5 Å². The van der Waals surface area contributed by atoms with Crippen LogP contribution < -0.4 is 20.6 Å². The number of aliphatic hydroxyl groups is 1. The minimum absolute atomic E-state index is 0.0185. The van der Waals surface area contributed by atoms with Crippen molar-refractivity contribution in [3.63, 3.8) is 0 Å². The van der Waals surface area contributed by atoms with Crippen molar-refractivity contribution in [2.45, 2.75) is 352 Å². The number of Topliss-reactive ketones (excluding diaryl/α,β-unsaturated/α-hetero) is 2. The van der Waals surface area contributed by atoms with Gasteiger partial charge in [-0.05, 0) is 129 Å². The van der Waals surface area contributed by atoms with E-state index in [-0.39, 0.29) is 60.3 Å². The van der Waals surface area contributed by atoms with Crippen molar-refractivity contribution in [2.24, 2.45) is 16.7 Å². The third-order valence-electron chi connectivity index (χ3n) is 27.5. The zero-order valence-corrected chi connectivity index (χ0v) is 82.6. The number of anilines is 1. The number of hydrogen-bond donors (Lipinski definition) is 3. The summed E-state index contributed by atoms with van der Waals surface area (Å²) in [5.74, 6) is -12.4. The number of aliphatic carboxylic acids is 1. The molecule has 12 atom stereocenters. The summed E-state index contributed by atoms with van der Waals surface area (Å²) in [6, 6.07) is 37.1. The van der Waals surface area contributed by atoms with Crippen LogP contribution >= 0.6 is 7.82 Å². The highest BCUT2D eigenvalue weighted by molar-refractivity contribution is 7.45. The van der Waals surface area contributed by atoms with Gasteiger partial charge in [-0.3, -0.25) is 42.9 Å². The van der Waals surface area contributed by atoms with Crippen molar-refractivity contribution in [3.05, 3.63) is 184 Å². The normalized spacial score (nSPS) is 21.4. The molecule has 0 spiro atoms. The number of nitrogens with zero attached hydrogens (tertiary/aromatic N) is 1.